The minimum atomic E-state index is 0.729. The molecule has 1 saturated heterocycles. The monoisotopic (exact) mass is 410 g/mol. The normalized spacial score (nSPS) is 14.5. The maximum atomic E-state index is 4.93. The molecule has 154 valence electrons. The van der Waals surface area contributed by atoms with Crippen molar-refractivity contribution in [3.8, 4) is 22.8 Å². The molecule has 1 aliphatic heterocycles. The van der Waals surface area contributed by atoms with Crippen molar-refractivity contribution in [2.75, 3.05) is 18.0 Å². The zero-order valence-corrected chi connectivity index (χ0v) is 17.3. The fourth-order valence-electron chi connectivity index (χ4n) is 4.35. The number of aryl methyl sites for hydroxylation is 1. The molecule has 6 heterocycles. The van der Waals surface area contributed by atoms with Crippen molar-refractivity contribution in [2.45, 2.75) is 26.2 Å². The second-order valence-corrected chi connectivity index (χ2v) is 8.04. The fourth-order valence-corrected chi connectivity index (χ4v) is 4.35. The number of hydrogen-bond acceptors (Lipinski definition) is 6. The highest BCUT2D eigenvalue weighted by atomic mass is 15.2. The van der Waals surface area contributed by atoms with Crippen LogP contribution in [0.3, 0.4) is 0 Å². The summed E-state index contributed by atoms with van der Waals surface area (Å²) in [5.41, 5.74) is 6.53. The van der Waals surface area contributed by atoms with E-state index in [4.69, 9.17) is 4.98 Å². The topological polar surface area (TPSA) is 99.3 Å². The molecule has 0 radical (unpaired) electrons. The summed E-state index contributed by atoms with van der Waals surface area (Å²) in [7, 11) is 0. The van der Waals surface area contributed by atoms with Gasteiger partial charge < -0.3 is 9.88 Å². The predicted octanol–water partition coefficient (Wildman–Crippen LogP) is 4.26. The summed E-state index contributed by atoms with van der Waals surface area (Å²) in [6.45, 7) is 4.12. The summed E-state index contributed by atoms with van der Waals surface area (Å²) in [5, 5.41) is 8.61. The maximum absolute atomic E-state index is 4.93. The summed E-state index contributed by atoms with van der Waals surface area (Å²) in [6, 6.07) is 6.02. The summed E-state index contributed by atoms with van der Waals surface area (Å²) < 4.78 is 0. The number of nitrogens with one attached hydrogen (secondary N) is 2. The van der Waals surface area contributed by atoms with Crippen LogP contribution >= 0.6 is 0 Å². The van der Waals surface area contributed by atoms with Gasteiger partial charge in [0.05, 0.1) is 22.9 Å². The van der Waals surface area contributed by atoms with Crippen LogP contribution in [-0.4, -0.2) is 48.2 Å². The van der Waals surface area contributed by atoms with Gasteiger partial charge in [-0.1, -0.05) is 0 Å². The molecule has 0 amide bonds. The molecule has 6 rings (SSSR count). The standard InChI is InChI=1S/C23H22N8/c1-14-5-7-24-12-16(14)18-11-15-19(13-26-18)29-30-20(15)22-27-17-6-8-25-23(21(17)28-22)31-9-3-2-4-10-31/h5-8,11-13H,2-4,9-10H2,1H3,(H,27,28)(H,29,30). The fraction of sp³-hybridized carbons (Fsp3) is 0.261. The molecule has 31 heavy (non-hydrogen) atoms. The van der Waals surface area contributed by atoms with Gasteiger partial charge in [-0.3, -0.25) is 15.1 Å². The van der Waals surface area contributed by atoms with Crippen LogP contribution in [0, 0.1) is 6.92 Å². The lowest BCUT2D eigenvalue weighted by Crippen LogP contribution is -2.30. The Labute approximate surface area is 178 Å². The number of H-pyrrole nitrogens is 2. The van der Waals surface area contributed by atoms with Crippen LogP contribution in [0.5, 0.6) is 0 Å². The number of pyridine rings is 3. The van der Waals surface area contributed by atoms with E-state index in [9.17, 15) is 0 Å². The molecule has 0 saturated carbocycles. The number of fused-ring (bicyclic) bond motifs is 2. The minimum Gasteiger partial charge on any atom is -0.355 e. The van der Waals surface area contributed by atoms with Crippen LogP contribution in [0.25, 0.3) is 44.7 Å². The Kier molecular flexibility index (Phi) is 4.15. The van der Waals surface area contributed by atoms with Crippen molar-refractivity contribution in [1.82, 2.24) is 35.1 Å². The van der Waals surface area contributed by atoms with E-state index in [-0.39, 0.29) is 0 Å². The van der Waals surface area contributed by atoms with Crippen LogP contribution in [-0.2, 0) is 0 Å². The van der Waals surface area contributed by atoms with Gasteiger partial charge in [-0.25, -0.2) is 9.97 Å². The highest BCUT2D eigenvalue weighted by Crippen LogP contribution is 2.32. The first kappa shape index (κ1) is 18.0. The largest absolute Gasteiger partial charge is 0.355 e. The van der Waals surface area contributed by atoms with Gasteiger partial charge in [-0.15, -0.1) is 0 Å². The molecule has 0 aliphatic carbocycles. The van der Waals surface area contributed by atoms with Gasteiger partial charge in [0.2, 0.25) is 0 Å². The number of nitrogens with zero attached hydrogens (tertiary/aromatic N) is 6. The lowest BCUT2D eigenvalue weighted by Gasteiger charge is -2.27. The van der Waals surface area contributed by atoms with Crippen molar-refractivity contribution >= 4 is 27.8 Å². The third-order valence-electron chi connectivity index (χ3n) is 6.02. The first-order valence-electron chi connectivity index (χ1n) is 10.6. The maximum Gasteiger partial charge on any atom is 0.159 e. The number of hydrogen-bond donors (Lipinski definition) is 2. The number of rotatable bonds is 3. The van der Waals surface area contributed by atoms with Crippen molar-refractivity contribution in [3.05, 3.63) is 48.5 Å². The summed E-state index contributed by atoms with van der Waals surface area (Å²) in [5.74, 6) is 1.68. The minimum absolute atomic E-state index is 0.729. The van der Waals surface area contributed by atoms with Gasteiger partial charge in [0, 0.05) is 42.6 Å². The molecule has 5 aromatic rings. The van der Waals surface area contributed by atoms with Gasteiger partial charge in [0.15, 0.2) is 11.6 Å². The van der Waals surface area contributed by atoms with E-state index in [1.165, 1.54) is 19.3 Å². The quantitative estimate of drug-likeness (QED) is 0.461. The third kappa shape index (κ3) is 3.02. The van der Waals surface area contributed by atoms with Crippen molar-refractivity contribution in [1.29, 1.82) is 0 Å². The molecule has 1 aliphatic rings. The molecule has 8 nitrogen and oxygen atoms in total. The summed E-state index contributed by atoms with van der Waals surface area (Å²) in [4.78, 5) is 24.2. The molecule has 0 atom stereocenters. The van der Waals surface area contributed by atoms with E-state index < -0.39 is 0 Å². The van der Waals surface area contributed by atoms with Gasteiger partial charge in [-0.2, -0.15) is 5.10 Å². The molecular weight excluding hydrogens is 388 g/mol. The molecule has 0 spiro atoms. The molecule has 0 aromatic carbocycles. The molecule has 5 aromatic heterocycles. The third-order valence-corrected chi connectivity index (χ3v) is 6.02. The smallest absolute Gasteiger partial charge is 0.159 e. The Balaban J connectivity index is 1.47. The highest BCUT2D eigenvalue weighted by molar-refractivity contribution is 5.96. The summed E-state index contributed by atoms with van der Waals surface area (Å²) in [6.07, 6.45) is 11.0. The second kappa shape index (κ2) is 7.16. The van der Waals surface area contributed by atoms with Gasteiger partial charge in [0.25, 0.3) is 0 Å². The van der Waals surface area contributed by atoms with Crippen LogP contribution < -0.4 is 4.90 Å². The Morgan fingerprint density at radius 2 is 1.87 bits per heavy atom. The van der Waals surface area contributed by atoms with Gasteiger partial charge in [-0.05, 0) is 49.9 Å². The number of anilines is 1. The lowest BCUT2D eigenvalue weighted by atomic mass is 10.1. The van der Waals surface area contributed by atoms with Crippen LogP contribution in [0.1, 0.15) is 24.8 Å². The average Bonchev–Trinajstić information content (AvgIpc) is 3.43. The molecule has 0 unspecified atom stereocenters. The first-order valence-corrected chi connectivity index (χ1v) is 10.6. The predicted molar refractivity (Wildman–Crippen MR) is 121 cm³/mol. The van der Waals surface area contributed by atoms with Crippen molar-refractivity contribution in [2.24, 2.45) is 0 Å². The Bertz CT molecular complexity index is 1390. The molecular formula is C23H22N8. The summed E-state index contributed by atoms with van der Waals surface area (Å²) >= 11 is 0. The number of piperidine rings is 1. The molecule has 2 N–H and O–H groups in total. The van der Waals surface area contributed by atoms with E-state index in [0.29, 0.717) is 0 Å². The number of aromatic nitrogens is 7. The van der Waals surface area contributed by atoms with Crippen molar-refractivity contribution < 1.29 is 0 Å². The molecule has 8 heteroatoms. The van der Waals surface area contributed by atoms with E-state index in [0.717, 1.165) is 69.2 Å². The average molecular weight is 410 g/mol. The Morgan fingerprint density at radius 1 is 0.968 bits per heavy atom. The SMILES string of the molecule is Cc1ccncc1-c1cc2c(-c3nc4c(N5CCCCC5)nccc4[nH]3)n[nH]c2cn1. The van der Waals surface area contributed by atoms with Gasteiger partial charge in [0.1, 0.15) is 11.2 Å². The van der Waals surface area contributed by atoms with E-state index in [2.05, 4.69) is 48.0 Å². The first-order chi connectivity index (χ1) is 15.3. The Morgan fingerprint density at radius 3 is 2.74 bits per heavy atom. The number of aromatic amines is 2. The van der Waals surface area contributed by atoms with Gasteiger partial charge >= 0.3 is 0 Å². The lowest BCUT2D eigenvalue weighted by molar-refractivity contribution is 0.574. The molecule has 1 fully saturated rings. The molecule has 0 bridgehead atoms. The van der Waals surface area contributed by atoms with Crippen LogP contribution in [0.2, 0.25) is 0 Å². The Hall–Kier alpha value is -3.81. The zero-order chi connectivity index (χ0) is 20.8. The van der Waals surface area contributed by atoms with Crippen LogP contribution in [0.4, 0.5) is 5.82 Å². The van der Waals surface area contributed by atoms with E-state index >= 15 is 0 Å². The zero-order valence-electron chi connectivity index (χ0n) is 17.3. The number of imidazole rings is 1. The van der Waals surface area contributed by atoms with Crippen LogP contribution in [0.15, 0.2) is 43.0 Å². The van der Waals surface area contributed by atoms with Crippen molar-refractivity contribution in [3.63, 3.8) is 0 Å². The van der Waals surface area contributed by atoms with E-state index in [1.807, 2.05) is 30.7 Å². The van der Waals surface area contributed by atoms with E-state index in [1.54, 1.807) is 6.20 Å². The highest BCUT2D eigenvalue weighted by Gasteiger charge is 2.20. The second-order valence-electron chi connectivity index (χ2n) is 8.04.